The molecule has 0 aliphatic carbocycles. The maximum atomic E-state index is 12.1. The summed E-state index contributed by atoms with van der Waals surface area (Å²) in [4.78, 5) is 16.5. The highest BCUT2D eigenvalue weighted by Crippen LogP contribution is 2.12. The Morgan fingerprint density at radius 1 is 1.23 bits per heavy atom. The molecule has 5 heteroatoms. The molecule has 2 aromatic rings. The molecule has 5 nitrogen and oxygen atoms in total. The smallest absolute Gasteiger partial charge is 0.222 e. The number of rotatable bonds is 4. The first kappa shape index (κ1) is 15.0. The number of nitrogens with zero attached hydrogens (tertiary/aromatic N) is 4. The summed E-state index contributed by atoms with van der Waals surface area (Å²) in [6.45, 7) is 8.57. The van der Waals surface area contributed by atoms with Crippen LogP contribution < -0.4 is 0 Å². The molecule has 0 radical (unpaired) electrons. The van der Waals surface area contributed by atoms with E-state index < -0.39 is 0 Å². The number of carbonyl (C=O) groups excluding carboxylic acids is 1. The molecule has 3 rings (SSSR count). The van der Waals surface area contributed by atoms with Crippen molar-refractivity contribution in [2.45, 2.75) is 26.8 Å². The number of carbonyl (C=O) groups is 1. The first-order valence-electron chi connectivity index (χ1n) is 8.05. The van der Waals surface area contributed by atoms with Gasteiger partial charge in [-0.05, 0) is 24.1 Å². The van der Waals surface area contributed by atoms with E-state index in [2.05, 4.69) is 36.0 Å². The van der Waals surface area contributed by atoms with Gasteiger partial charge in [-0.3, -0.25) is 9.69 Å². The summed E-state index contributed by atoms with van der Waals surface area (Å²) >= 11 is 0. The summed E-state index contributed by atoms with van der Waals surface area (Å²) in [6, 6.07) is 8.22. The van der Waals surface area contributed by atoms with Crippen molar-refractivity contribution in [1.29, 1.82) is 0 Å². The van der Waals surface area contributed by atoms with Crippen molar-refractivity contribution in [1.82, 2.24) is 19.4 Å². The van der Waals surface area contributed by atoms with E-state index in [1.165, 1.54) is 0 Å². The van der Waals surface area contributed by atoms with E-state index >= 15 is 0 Å². The van der Waals surface area contributed by atoms with E-state index in [-0.39, 0.29) is 0 Å². The van der Waals surface area contributed by atoms with E-state index in [1.807, 2.05) is 27.7 Å². The Labute approximate surface area is 131 Å². The van der Waals surface area contributed by atoms with Crippen molar-refractivity contribution in [3.05, 3.63) is 36.2 Å². The fourth-order valence-electron chi connectivity index (χ4n) is 2.93. The van der Waals surface area contributed by atoms with Gasteiger partial charge in [-0.1, -0.05) is 19.9 Å². The van der Waals surface area contributed by atoms with Crippen LogP contribution in [-0.2, 0) is 11.3 Å². The van der Waals surface area contributed by atoms with Crippen molar-refractivity contribution < 1.29 is 4.79 Å². The van der Waals surface area contributed by atoms with E-state index in [0.717, 1.165) is 43.9 Å². The van der Waals surface area contributed by atoms with Gasteiger partial charge < -0.3 is 4.90 Å². The topological polar surface area (TPSA) is 40.9 Å². The zero-order valence-electron chi connectivity index (χ0n) is 13.4. The second kappa shape index (κ2) is 6.48. The molecule has 0 spiro atoms. The summed E-state index contributed by atoms with van der Waals surface area (Å²) in [5, 5.41) is 4.59. The Morgan fingerprint density at radius 2 is 2.00 bits per heavy atom. The van der Waals surface area contributed by atoms with Crippen LogP contribution in [0.5, 0.6) is 0 Å². The van der Waals surface area contributed by atoms with Crippen LogP contribution in [0.15, 0.2) is 30.5 Å². The molecule has 1 amide bonds. The maximum Gasteiger partial charge on any atom is 0.222 e. The van der Waals surface area contributed by atoms with Gasteiger partial charge in [-0.2, -0.15) is 5.10 Å². The first-order chi connectivity index (χ1) is 10.6. The van der Waals surface area contributed by atoms with Crippen LogP contribution in [0, 0.1) is 5.92 Å². The van der Waals surface area contributed by atoms with Crippen molar-refractivity contribution in [3.63, 3.8) is 0 Å². The Balaban J connectivity index is 1.54. The normalized spacial score (nSPS) is 16.6. The maximum absolute atomic E-state index is 12.1. The van der Waals surface area contributed by atoms with Gasteiger partial charge in [-0.25, -0.2) is 4.52 Å². The molecule has 1 aliphatic rings. The average molecular weight is 300 g/mol. The van der Waals surface area contributed by atoms with Crippen LogP contribution in [0.1, 0.15) is 26.0 Å². The lowest BCUT2D eigenvalue weighted by molar-refractivity contribution is -0.133. The lowest BCUT2D eigenvalue weighted by atomic mass is 10.1. The highest BCUT2D eigenvalue weighted by molar-refractivity contribution is 5.76. The quantitative estimate of drug-likeness (QED) is 0.867. The lowest BCUT2D eigenvalue weighted by Gasteiger charge is -2.34. The van der Waals surface area contributed by atoms with Gasteiger partial charge in [0.1, 0.15) is 0 Å². The first-order valence-corrected chi connectivity index (χ1v) is 8.05. The highest BCUT2D eigenvalue weighted by atomic mass is 16.2. The summed E-state index contributed by atoms with van der Waals surface area (Å²) in [5.41, 5.74) is 2.22. The van der Waals surface area contributed by atoms with Crippen molar-refractivity contribution in [2.24, 2.45) is 5.92 Å². The predicted molar refractivity (Wildman–Crippen MR) is 86.5 cm³/mol. The van der Waals surface area contributed by atoms with Gasteiger partial charge in [0.05, 0.1) is 11.2 Å². The largest absolute Gasteiger partial charge is 0.340 e. The summed E-state index contributed by atoms with van der Waals surface area (Å²) in [5.74, 6) is 0.728. The molecule has 0 aromatic carbocycles. The molecule has 0 unspecified atom stereocenters. The van der Waals surface area contributed by atoms with Gasteiger partial charge in [-0.15, -0.1) is 0 Å². The van der Waals surface area contributed by atoms with E-state index in [0.29, 0.717) is 18.2 Å². The second-order valence-corrected chi connectivity index (χ2v) is 6.46. The molecular formula is C17H24N4O. The Bertz CT molecular complexity index is 608. The molecule has 2 aromatic heterocycles. The molecule has 3 heterocycles. The van der Waals surface area contributed by atoms with Crippen LogP contribution in [-0.4, -0.2) is 51.5 Å². The predicted octanol–water partition coefficient (Wildman–Crippen LogP) is 2.02. The van der Waals surface area contributed by atoms with Gasteiger partial charge in [0, 0.05) is 45.3 Å². The molecule has 1 saturated heterocycles. The SMILES string of the molecule is CC(C)CC(=O)N1CCN(Cc2cc3ccccn3n2)CC1. The van der Waals surface area contributed by atoms with Crippen LogP contribution in [0.4, 0.5) is 0 Å². The number of hydrogen-bond acceptors (Lipinski definition) is 3. The fourth-order valence-corrected chi connectivity index (χ4v) is 2.93. The summed E-state index contributed by atoms with van der Waals surface area (Å²) in [6.07, 6.45) is 2.63. The molecule has 0 atom stereocenters. The van der Waals surface area contributed by atoms with E-state index in [4.69, 9.17) is 0 Å². The Morgan fingerprint density at radius 3 is 2.68 bits per heavy atom. The Kier molecular flexibility index (Phi) is 4.43. The van der Waals surface area contributed by atoms with Crippen LogP contribution >= 0.6 is 0 Å². The second-order valence-electron chi connectivity index (χ2n) is 6.46. The van der Waals surface area contributed by atoms with Gasteiger partial charge >= 0.3 is 0 Å². The minimum atomic E-state index is 0.294. The molecule has 22 heavy (non-hydrogen) atoms. The van der Waals surface area contributed by atoms with Crippen molar-refractivity contribution in [3.8, 4) is 0 Å². The molecular weight excluding hydrogens is 276 g/mol. The van der Waals surface area contributed by atoms with Crippen LogP contribution in [0.3, 0.4) is 0 Å². The molecule has 0 saturated carbocycles. The highest BCUT2D eigenvalue weighted by Gasteiger charge is 2.21. The zero-order valence-corrected chi connectivity index (χ0v) is 13.4. The number of piperazine rings is 1. The summed E-state index contributed by atoms with van der Waals surface area (Å²) < 4.78 is 1.91. The van der Waals surface area contributed by atoms with E-state index in [1.54, 1.807) is 0 Å². The average Bonchev–Trinajstić information content (AvgIpc) is 2.89. The molecule has 0 bridgehead atoms. The fraction of sp³-hybridized carbons (Fsp3) is 0.529. The summed E-state index contributed by atoms with van der Waals surface area (Å²) in [7, 11) is 0. The number of aromatic nitrogens is 2. The monoisotopic (exact) mass is 300 g/mol. The van der Waals surface area contributed by atoms with Gasteiger partial charge in [0.15, 0.2) is 0 Å². The Hall–Kier alpha value is -1.88. The molecule has 1 aliphatic heterocycles. The number of pyridine rings is 1. The minimum absolute atomic E-state index is 0.294. The standard InChI is InChI=1S/C17H24N4O/c1-14(2)11-17(22)20-9-7-19(8-10-20)13-15-12-16-5-3-4-6-21(16)18-15/h3-6,12,14H,7-11,13H2,1-2H3. The van der Waals surface area contributed by atoms with Crippen LogP contribution in [0.2, 0.25) is 0 Å². The van der Waals surface area contributed by atoms with Gasteiger partial charge in [0.2, 0.25) is 5.91 Å². The minimum Gasteiger partial charge on any atom is -0.340 e. The van der Waals surface area contributed by atoms with Crippen molar-refractivity contribution in [2.75, 3.05) is 26.2 Å². The molecule has 0 N–H and O–H groups in total. The lowest BCUT2D eigenvalue weighted by Crippen LogP contribution is -2.48. The van der Waals surface area contributed by atoms with Gasteiger partial charge in [0.25, 0.3) is 0 Å². The third kappa shape index (κ3) is 3.47. The third-order valence-electron chi connectivity index (χ3n) is 4.11. The van der Waals surface area contributed by atoms with E-state index in [9.17, 15) is 4.79 Å². The van der Waals surface area contributed by atoms with Crippen LogP contribution in [0.25, 0.3) is 5.52 Å². The van der Waals surface area contributed by atoms with Crippen molar-refractivity contribution >= 4 is 11.4 Å². The molecule has 118 valence electrons. The third-order valence-corrected chi connectivity index (χ3v) is 4.11. The number of fused-ring (bicyclic) bond motifs is 1. The molecule has 1 fully saturated rings. The number of hydrogen-bond donors (Lipinski definition) is 0. The zero-order chi connectivity index (χ0) is 15.5. The number of amides is 1.